The molecule has 0 fully saturated rings. The zero-order chi connectivity index (χ0) is 23.4. The zero-order valence-electron chi connectivity index (χ0n) is 17.4. The van der Waals surface area contributed by atoms with Crippen LogP contribution >= 0.6 is 0 Å². The predicted octanol–water partition coefficient (Wildman–Crippen LogP) is 4.17. The second-order valence-corrected chi connectivity index (χ2v) is 7.42. The minimum absolute atomic E-state index is 0.0588. The summed E-state index contributed by atoms with van der Waals surface area (Å²) in [7, 11) is 0. The predicted molar refractivity (Wildman–Crippen MR) is 121 cm³/mol. The number of carbonyl (C=O) groups is 2. The van der Waals surface area contributed by atoms with Crippen LogP contribution in [-0.2, 0) is 16.1 Å². The Kier molecular flexibility index (Phi) is 6.08. The van der Waals surface area contributed by atoms with Crippen LogP contribution in [0, 0.1) is 10.1 Å². The molecule has 1 atom stereocenters. The van der Waals surface area contributed by atoms with Crippen molar-refractivity contribution in [3.05, 3.63) is 123 Å². The molecule has 8 nitrogen and oxygen atoms in total. The lowest BCUT2D eigenvalue weighted by Crippen LogP contribution is -2.30. The van der Waals surface area contributed by atoms with Gasteiger partial charge >= 0.3 is 0 Å². The molecule has 2 aromatic carbocycles. The van der Waals surface area contributed by atoms with Gasteiger partial charge in [0.2, 0.25) is 0 Å². The van der Waals surface area contributed by atoms with Gasteiger partial charge in [-0.2, -0.15) is 0 Å². The van der Waals surface area contributed by atoms with Gasteiger partial charge in [0.1, 0.15) is 0 Å². The first-order chi connectivity index (χ1) is 16.0. The highest BCUT2D eigenvalue weighted by atomic mass is 16.6. The summed E-state index contributed by atoms with van der Waals surface area (Å²) in [6, 6.07) is 17.3. The van der Waals surface area contributed by atoms with Gasteiger partial charge in [0.25, 0.3) is 11.6 Å². The van der Waals surface area contributed by atoms with Crippen molar-refractivity contribution < 1.29 is 19.6 Å². The van der Waals surface area contributed by atoms with E-state index in [0.29, 0.717) is 11.1 Å². The summed E-state index contributed by atoms with van der Waals surface area (Å²) >= 11 is 0. The maximum Gasteiger partial charge on any atom is 0.290 e. The summed E-state index contributed by atoms with van der Waals surface area (Å²) in [5.41, 5.74) is 1.50. The van der Waals surface area contributed by atoms with Crippen LogP contribution < -0.4 is 0 Å². The van der Waals surface area contributed by atoms with E-state index in [1.807, 2.05) is 30.3 Å². The summed E-state index contributed by atoms with van der Waals surface area (Å²) in [6.07, 6.45) is 6.03. The Hall–Kier alpha value is -4.59. The highest BCUT2D eigenvalue weighted by molar-refractivity contribution is 6.14. The van der Waals surface area contributed by atoms with Gasteiger partial charge in [-0.25, -0.2) is 0 Å². The summed E-state index contributed by atoms with van der Waals surface area (Å²) in [5.74, 6) is -1.96. The molecule has 0 radical (unpaired) electrons. The smallest absolute Gasteiger partial charge is 0.290 e. The quantitative estimate of drug-likeness (QED) is 0.334. The molecule has 0 saturated heterocycles. The fraction of sp³-hybridized carbons (Fsp3) is 0.0800. The van der Waals surface area contributed by atoms with Gasteiger partial charge in [-0.15, -0.1) is 0 Å². The zero-order valence-corrected chi connectivity index (χ0v) is 17.4. The fourth-order valence-electron chi connectivity index (χ4n) is 3.74. The molecule has 0 spiro atoms. The highest BCUT2D eigenvalue weighted by Crippen LogP contribution is 2.39. The SMILES string of the molecule is O=C(C=Cc1ccccc1)C1=C(O)C(=O)N(Cc2cccnc2)C1c1cccc([N+](=O)[O-])c1. The molecular weight excluding hydrogens is 422 g/mol. The number of amides is 1. The van der Waals surface area contributed by atoms with Crippen molar-refractivity contribution in [2.45, 2.75) is 12.6 Å². The Bertz CT molecular complexity index is 1270. The van der Waals surface area contributed by atoms with Crippen LogP contribution in [0.25, 0.3) is 6.08 Å². The molecular formula is C25H19N3O5. The standard InChI is InChI=1S/C25H19N3O5/c29-21(12-11-17-6-2-1-3-7-17)22-23(19-9-4-10-20(14-19)28(32)33)27(25(31)24(22)30)16-18-8-5-13-26-15-18/h1-15,23,30H,16H2. The van der Waals surface area contributed by atoms with E-state index in [1.165, 1.54) is 29.2 Å². The molecule has 0 bridgehead atoms. The lowest BCUT2D eigenvalue weighted by molar-refractivity contribution is -0.384. The number of carbonyl (C=O) groups excluding carboxylic acids is 2. The first-order valence-corrected chi connectivity index (χ1v) is 10.1. The van der Waals surface area contributed by atoms with E-state index in [4.69, 9.17) is 0 Å². The minimum atomic E-state index is -0.995. The Labute approximate surface area is 189 Å². The molecule has 0 saturated carbocycles. The number of aliphatic hydroxyl groups excluding tert-OH is 1. The molecule has 164 valence electrons. The molecule has 33 heavy (non-hydrogen) atoms. The molecule has 4 rings (SSSR count). The summed E-state index contributed by atoms with van der Waals surface area (Å²) in [4.78, 5) is 42.3. The van der Waals surface area contributed by atoms with E-state index >= 15 is 0 Å². The van der Waals surface area contributed by atoms with Crippen molar-refractivity contribution in [2.24, 2.45) is 0 Å². The Morgan fingerprint density at radius 2 is 1.91 bits per heavy atom. The molecule has 1 aromatic heterocycles. The second kappa shape index (κ2) is 9.27. The highest BCUT2D eigenvalue weighted by Gasteiger charge is 2.43. The average molecular weight is 441 g/mol. The van der Waals surface area contributed by atoms with Crippen molar-refractivity contribution in [1.82, 2.24) is 9.88 Å². The minimum Gasteiger partial charge on any atom is -0.503 e. The number of pyridine rings is 1. The molecule has 1 unspecified atom stereocenters. The first-order valence-electron chi connectivity index (χ1n) is 10.1. The number of hydrogen-bond donors (Lipinski definition) is 1. The van der Waals surface area contributed by atoms with E-state index in [1.54, 1.807) is 36.7 Å². The van der Waals surface area contributed by atoms with Crippen LogP contribution in [0.15, 0.2) is 96.5 Å². The van der Waals surface area contributed by atoms with Crippen molar-refractivity contribution in [2.75, 3.05) is 0 Å². The molecule has 1 aliphatic heterocycles. The summed E-state index contributed by atoms with van der Waals surface area (Å²) < 4.78 is 0. The lowest BCUT2D eigenvalue weighted by atomic mass is 9.95. The van der Waals surface area contributed by atoms with E-state index < -0.39 is 28.4 Å². The number of nitro groups is 1. The maximum atomic E-state index is 13.1. The number of aromatic nitrogens is 1. The summed E-state index contributed by atoms with van der Waals surface area (Å²) in [6.45, 7) is 0.0588. The average Bonchev–Trinajstić information content (AvgIpc) is 3.09. The Morgan fingerprint density at radius 1 is 1.12 bits per heavy atom. The third-order valence-electron chi connectivity index (χ3n) is 5.27. The van der Waals surface area contributed by atoms with Gasteiger partial charge in [0.15, 0.2) is 11.5 Å². The molecule has 3 aromatic rings. The molecule has 0 aliphatic carbocycles. The molecule has 1 aliphatic rings. The van der Waals surface area contributed by atoms with E-state index in [0.717, 1.165) is 5.56 Å². The second-order valence-electron chi connectivity index (χ2n) is 7.42. The third kappa shape index (κ3) is 4.54. The van der Waals surface area contributed by atoms with Crippen molar-refractivity contribution >= 4 is 23.5 Å². The first kappa shape index (κ1) is 21.6. The van der Waals surface area contributed by atoms with Gasteiger partial charge in [-0.3, -0.25) is 24.7 Å². The monoisotopic (exact) mass is 441 g/mol. The number of hydrogen-bond acceptors (Lipinski definition) is 6. The number of nitrogens with zero attached hydrogens (tertiary/aromatic N) is 3. The van der Waals surface area contributed by atoms with Crippen LogP contribution in [0.4, 0.5) is 5.69 Å². The van der Waals surface area contributed by atoms with Crippen molar-refractivity contribution in [3.8, 4) is 0 Å². The Morgan fingerprint density at radius 3 is 2.61 bits per heavy atom. The van der Waals surface area contributed by atoms with Gasteiger partial charge in [-0.05, 0) is 28.8 Å². The molecule has 1 amide bonds. The normalized spacial score (nSPS) is 15.9. The van der Waals surface area contributed by atoms with E-state index in [2.05, 4.69) is 4.98 Å². The van der Waals surface area contributed by atoms with Gasteiger partial charge in [0.05, 0.1) is 16.5 Å². The van der Waals surface area contributed by atoms with Gasteiger partial charge < -0.3 is 10.0 Å². The number of aliphatic hydroxyl groups is 1. The third-order valence-corrected chi connectivity index (χ3v) is 5.27. The van der Waals surface area contributed by atoms with Crippen LogP contribution in [0.5, 0.6) is 0 Å². The number of rotatable bonds is 7. The van der Waals surface area contributed by atoms with Gasteiger partial charge in [-0.1, -0.05) is 54.6 Å². The van der Waals surface area contributed by atoms with E-state index in [-0.39, 0.29) is 17.8 Å². The van der Waals surface area contributed by atoms with Crippen LogP contribution in [-0.4, -0.2) is 31.6 Å². The largest absolute Gasteiger partial charge is 0.503 e. The topological polar surface area (TPSA) is 114 Å². The summed E-state index contributed by atoms with van der Waals surface area (Å²) in [5, 5.41) is 22.0. The molecule has 1 N–H and O–H groups in total. The number of non-ortho nitro benzene ring substituents is 1. The van der Waals surface area contributed by atoms with Crippen LogP contribution in [0.2, 0.25) is 0 Å². The molecule has 2 heterocycles. The maximum absolute atomic E-state index is 13.1. The van der Waals surface area contributed by atoms with Crippen molar-refractivity contribution in [3.63, 3.8) is 0 Å². The molecule has 8 heteroatoms. The number of allylic oxidation sites excluding steroid dienone is 1. The number of nitro benzene ring substituents is 1. The number of ketones is 1. The van der Waals surface area contributed by atoms with Gasteiger partial charge in [0, 0.05) is 31.1 Å². The Balaban J connectivity index is 1.76. The van der Waals surface area contributed by atoms with E-state index in [9.17, 15) is 24.8 Å². The number of benzene rings is 2. The van der Waals surface area contributed by atoms with Crippen molar-refractivity contribution in [1.29, 1.82) is 0 Å². The fourth-order valence-corrected chi connectivity index (χ4v) is 3.74. The lowest BCUT2D eigenvalue weighted by Gasteiger charge is -2.26. The van der Waals surface area contributed by atoms with Crippen LogP contribution in [0.3, 0.4) is 0 Å². The van der Waals surface area contributed by atoms with Crippen LogP contribution in [0.1, 0.15) is 22.7 Å².